The molecule has 0 aliphatic heterocycles. The minimum atomic E-state index is -0.359. The molecule has 7 nitrogen and oxygen atoms in total. The minimum absolute atomic E-state index is 0.000760. The van der Waals surface area contributed by atoms with Gasteiger partial charge in [0.15, 0.2) is 5.82 Å². The summed E-state index contributed by atoms with van der Waals surface area (Å²) in [6.45, 7) is 1.90. The number of para-hydroxylation sites is 1. The number of nitrogens with zero attached hydrogens (tertiary/aromatic N) is 5. The van der Waals surface area contributed by atoms with Gasteiger partial charge in [0.25, 0.3) is 5.91 Å². The molecule has 0 radical (unpaired) electrons. The fourth-order valence-electron chi connectivity index (χ4n) is 3.97. The standard InChI is InChI=1S/C24H21FN6O/c1-15-7-6-10-19(27-15)23-30-29-22(31(23)21-11-3-2-8-18(21)25)16-13-17(14-16)28-24(32)20-9-4-5-12-26-20/h2-12,16-17H,13-14H2,1H3,(H,28,32). The third-order valence-electron chi connectivity index (χ3n) is 5.63. The van der Waals surface area contributed by atoms with Crippen molar-refractivity contribution in [2.75, 3.05) is 0 Å². The second kappa shape index (κ2) is 8.30. The highest BCUT2D eigenvalue weighted by Gasteiger charge is 2.36. The van der Waals surface area contributed by atoms with Gasteiger partial charge in [-0.2, -0.15) is 0 Å². The number of halogens is 1. The first kappa shape index (κ1) is 20.0. The number of carbonyl (C=O) groups is 1. The molecule has 0 atom stereocenters. The number of carbonyl (C=O) groups excluding carboxylic acids is 1. The summed E-state index contributed by atoms with van der Waals surface area (Å²) < 4.78 is 16.5. The van der Waals surface area contributed by atoms with Crippen LogP contribution in [0.5, 0.6) is 0 Å². The molecule has 1 aliphatic rings. The van der Waals surface area contributed by atoms with Crippen LogP contribution in [0, 0.1) is 12.7 Å². The van der Waals surface area contributed by atoms with Gasteiger partial charge in [-0.1, -0.05) is 24.3 Å². The first-order valence-electron chi connectivity index (χ1n) is 10.5. The first-order chi connectivity index (χ1) is 15.6. The second-order valence-corrected chi connectivity index (χ2v) is 7.89. The lowest BCUT2D eigenvalue weighted by Crippen LogP contribution is -2.44. The number of aromatic nitrogens is 5. The number of pyridine rings is 2. The number of amides is 1. The highest BCUT2D eigenvalue weighted by Crippen LogP contribution is 2.38. The van der Waals surface area contributed by atoms with Gasteiger partial charge in [-0.25, -0.2) is 9.37 Å². The second-order valence-electron chi connectivity index (χ2n) is 7.89. The minimum Gasteiger partial charge on any atom is -0.348 e. The van der Waals surface area contributed by atoms with Crippen LogP contribution in [0.3, 0.4) is 0 Å². The number of hydrogen-bond acceptors (Lipinski definition) is 5. The van der Waals surface area contributed by atoms with Gasteiger partial charge in [0.05, 0.1) is 5.69 Å². The monoisotopic (exact) mass is 428 g/mol. The Kier molecular flexibility index (Phi) is 5.18. The van der Waals surface area contributed by atoms with Crippen molar-refractivity contribution in [2.24, 2.45) is 0 Å². The Labute approximate surface area is 184 Å². The van der Waals surface area contributed by atoms with E-state index in [4.69, 9.17) is 0 Å². The Morgan fingerprint density at radius 2 is 1.84 bits per heavy atom. The van der Waals surface area contributed by atoms with Crippen molar-refractivity contribution in [3.05, 3.63) is 89.9 Å². The van der Waals surface area contributed by atoms with Crippen LogP contribution in [0.4, 0.5) is 4.39 Å². The molecule has 3 aromatic heterocycles. The van der Waals surface area contributed by atoms with E-state index in [-0.39, 0.29) is 23.7 Å². The summed E-state index contributed by atoms with van der Waals surface area (Å²) in [7, 11) is 0. The number of hydrogen-bond donors (Lipinski definition) is 1. The van der Waals surface area contributed by atoms with Crippen molar-refractivity contribution < 1.29 is 9.18 Å². The Balaban J connectivity index is 1.43. The van der Waals surface area contributed by atoms with Gasteiger partial charge in [-0.15, -0.1) is 10.2 Å². The summed E-state index contributed by atoms with van der Waals surface area (Å²) in [6, 6.07) is 17.4. The molecule has 1 aromatic carbocycles. The van der Waals surface area contributed by atoms with Crippen LogP contribution in [-0.2, 0) is 0 Å². The first-order valence-corrected chi connectivity index (χ1v) is 10.5. The molecule has 32 heavy (non-hydrogen) atoms. The van der Waals surface area contributed by atoms with Crippen LogP contribution in [0.25, 0.3) is 17.2 Å². The lowest BCUT2D eigenvalue weighted by atomic mass is 9.79. The highest BCUT2D eigenvalue weighted by atomic mass is 19.1. The van der Waals surface area contributed by atoms with E-state index in [0.717, 1.165) is 5.69 Å². The van der Waals surface area contributed by atoms with E-state index in [1.807, 2.05) is 25.1 Å². The Morgan fingerprint density at radius 1 is 1.03 bits per heavy atom. The van der Waals surface area contributed by atoms with E-state index in [2.05, 4.69) is 25.5 Å². The van der Waals surface area contributed by atoms with Gasteiger partial charge >= 0.3 is 0 Å². The van der Waals surface area contributed by atoms with E-state index in [9.17, 15) is 9.18 Å². The smallest absolute Gasteiger partial charge is 0.270 e. The van der Waals surface area contributed by atoms with Crippen molar-refractivity contribution >= 4 is 5.91 Å². The fraction of sp³-hybridized carbons (Fsp3) is 0.208. The number of nitrogens with one attached hydrogen (secondary N) is 1. The molecule has 3 heterocycles. The van der Waals surface area contributed by atoms with Gasteiger partial charge in [0.1, 0.15) is 23.0 Å². The van der Waals surface area contributed by atoms with Crippen molar-refractivity contribution in [2.45, 2.75) is 31.7 Å². The molecule has 0 spiro atoms. The zero-order valence-electron chi connectivity index (χ0n) is 17.4. The number of aryl methyl sites for hydroxylation is 1. The predicted molar refractivity (Wildman–Crippen MR) is 117 cm³/mol. The van der Waals surface area contributed by atoms with E-state index in [1.165, 1.54) is 6.07 Å². The molecule has 1 fully saturated rings. The average molecular weight is 428 g/mol. The third-order valence-corrected chi connectivity index (χ3v) is 5.63. The molecule has 1 saturated carbocycles. The Bertz CT molecular complexity index is 1270. The van der Waals surface area contributed by atoms with E-state index in [1.54, 1.807) is 47.2 Å². The van der Waals surface area contributed by atoms with Gasteiger partial charge in [0.2, 0.25) is 0 Å². The van der Waals surface area contributed by atoms with Crippen LogP contribution < -0.4 is 5.32 Å². The number of rotatable bonds is 5. The van der Waals surface area contributed by atoms with Crippen molar-refractivity contribution in [3.63, 3.8) is 0 Å². The maximum atomic E-state index is 14.8. The molecule has 1 N–H and O–H groups in total. The lowest BCUT2D eigenvalue weighted by molar-refractivity contribution is 0.0902. The maximum absolute atomic E-state index is 14.8. The quantitative estimate of drug-likeness (QED) is 0.522. The molecule has 0 bridgehead atoms. The number of benzene rings is 1. The van der Waals surface area contributed by atoms with Crippen LogP contribution >= 0.6 is 0 Å². The molecule has 0 saturated heterocycles. The van der Waals surface area contributed by atoms with E-state index < -0.39 is 0 Å². The van der Waals surface area contributed by atoms with Crippen molar-refractivity contribution in [3.8, 4) is 17.2 Å². The van der Waals surface area contributed by atoms with Crippen molar-refractivity contribution in [1.29, 1.82) is 0 Å². The molecular weight excluding hydrogens is 407 g/mol. The lowest BCUT2D eigenvalue weighted by Gasteiger charge is -2.35. The van der Waals surface area contributed by atoms with Gasteiger partial charge in [0, 0.05) is 23.9 Å². The SMILES string of the molecule is Cc1cccc(-c2nnc(C3CC(NC(=O)c4ccccn4)C3)n2-c2ccccc2F)n1. The summed E-state index contributed by atoms with van der Waals surface area (Å²) in [5, 5.41) is 11.8. The summed E-state index contributed by atoms with van der Waals surface area (Å²) in [5.74, 6) is 0.636. The molecule has 1 aliphatic carbocycles. The summed E-state index contributed by atoms with van der Waals surface area (Å²) >= 11 is 0. The highest BCUT2D eigenvalue weighted by molar-refractivity contribution is 5.92. The van der Waals surface area contributed by atoms with Crippen LogP contribution in [0.2, 0.25) is 0 Å². The summed E-state index contributed by atoms with van der Waals surface area (Å²) in [6.07, 6.45) is 2.97. The van der Waals surface area contributed by atoms with Gasteiger partial charge in [-0.3, -0.25) is 14.3 Å². The van der Waals surface area contributed by atoms with Gasteiger partial charge < -0.3 is 5.32 Å². The zero-order valence-corrected chi connectivity index (χ0v) is 17.4. The summed E-state index contributed by atoms with van der Waals surface area (Å²) in [5.41, 5.74) is 2.24. The fourth-order valence-corrected chi connectivity index (χ4v) is 3.97. The molecule has 1 amide bonds. The van der Waals surface area contributed by atoms with Crippen LogP contribution in [0.15, 0.2) is 66.9 Å². The third kappa shape index (κ3) is 3.75. The zero-order chi connectivity index (χ0) is 22.1. The maximum Gasteiger partial charge on any atom is 0.270 e. The predicted octanol–water partition coefficient (Wildman–Crippen LogP) is 3.85. The Morgan fingerprint density at radius 3 is 2.59 bits per heavy atom. The molecule has 4 aromatic rings. The average Bonchev–Trinajstić information content (AvgIpc) is 3.21. The summed E-state index contributed by atoms with van der Waals surface area (Å²) in [4.78, 5) is 21.0. The Hall–Kier alpha value is -3.94. The van der Waals surface area contributed by atoms with Gasteiger partial charge in [-0.05, 0) is 56.2 Å². The van der Waals surface area contributed by atoms with Crippen LogP contribution in [-0.4, -0.2) is 36.7 Å². The molecule has 0 unspecified atom stereocenters. The molecule has 5 rings (SSSR count). The van der Waals surface area contributed by atoms with E-state index in [0.29, 0.717) is 41.6 Å². The molecule has 8 heteroatoms. The molecule has 160 valence electrons. The topological polar surface area (TPSA) is 85.6 Å². The molecular formula is C24H21FN6O. The largest absolute Gasteiger partial charge is 0.348 e. The van der Waals surface area contributed by atoms with E-state index >= 15 is 0 Å². The normalized spacial score (nSPS) is 17.6. The van der Waals surface area contributed by atoms with Crippen molar-refractivity contribution in [1.82, 2.24) is 30.0 Å². The van der Waals surface area contributed by atoms with Crippen LogP contribution in [0.1, 0.15) is 40.8 Å².